The van der Waals surface area contributed by atoms with Gasteiger partial charge in [-0.15, -0.1) is 0 Å². The Kier molecular flexibility index (Phi) is 4.13. The quantitative estimate of drug-likeness (QED) is 0.643. The van der Waals surface area contributed by atoms with E-state index in [1.165, 1.54) is 6.08 Å². The molecule has 0 saturated heterocycles. The number of benzene rings is 1. The van der Waals surface area contributed by atoms with Crippen molar-refractivity contribution < 1.29 is 14.7 Å². The highest BCUT2D eigenvalue weighted by molar-refractivity contribution is 5.93. The molecule has 0 radical (unpaired) electrons. The minimum Gasteiger partial charge on any atom is -0.478 e. The number of amides is 1. The van der Waals surface area contributed by atoms with Gasteiger partial charge in [-0.1, -0.05) is 24.3 Å². The topological polar surface area (TPSA) is 66.4 Å². The molecule has 0 aliphatic heterocycles. The molecule has 1 aromatic carbocycles. The Morgan fingerprint density at radius 3 is 2.37 bits per heavy atom. The van der Waals surface area contributed by atoms with Gasteiger partial charge in [0.15, 0.2) is 0 Å². The zero-order valence-electron chi connectivity index (χ0n) is 10.4. The Morgan fingerprint density at radius 1 is 1.16 bits per heavy atom. The molecule has 2 rings (SSSR count). The van der Waals surface area contributed by atoms with Gasteiger partial charge >= 0.3 is 5.97 Å². The van der Waals surface area contributed by atoms with E-state index in [9.17, 15) is 9.59 Å². The minimum absolute atomic E-state index is 0.0267. The lowest BCUT2D eigenvalue weighted by molar-refractivity contribution is -0.131. The second kappa shape index (κ2) is 6.00. The number of carbonyl (C=O) groups is 2. The molecule has 1 amide bonds. The first kappa shape index (κ1) is 13.1. The molecule has 0 saturated carbocycles. The summed E-state index contributed by atoms with van der Waals surface area (Å²) in [5, 5.41) is 11.4. The molecule has 0 aromatic heterocycles. The molecular formula is C15H15NO3. The van der Waals surface area contributed by atoms with Gasteiger partial charge in [-0.2, -0.15) is 0 Å². The molecular weight excluding hydrogens is 242 g/mol. The Morgan fingerprint density at radius 2 is 1.79 bits per heavy atom. The van der Waals surface area contributed by atoms with Crippen molar-refractivity contribution in [2.45, 2.75) is 12.8 Å². The number of hydrogen-bond donors (Lipinski definition) is 2. The van der Waals surface area contributed by atoms with Crippen molar-refractivity contribution in [2.75, 3.05) is 5.32 Å². The van der Waals surface area contributed by atoms with Crippen molar-refractivity contribution >= 4 is 23.6 Å². The summed E-state index contributed by atoms with van der Waals surface area (Å²) in [5.74, 6) is -0.920. The Hall–Kier alpha value is -2.36. The molecule has 0 fully saturated rings. The summed E-state index contributed by atoms with van der Waals surface area (Å²) >= 11 is 0. The first-order valence-electron chi connectivity index (χ1n) is 6.12. The van der Waals surface area contributed by atoms with Crippen molar-refractivity contribution in [3.05, 3.63) is 48.1 Å². The fraction of sp³-hybridized carbons (Fsp3) is 0.200. The molecule has 0 atom stereocenters. The van der Waals surface area contributed by atoms with Crippen LogP contribution in [-0.4, -0.2) is 17.0 Å². The number of allylic oxidation sites excluding steroid dienone is 2. The molecule has 1 aliphatic rings. The zero-order chi connectivity index (χ0) is 13.7. The first-order valence-corrected chi connectivity index (χ1v) is 6.12. The van der Waals surface area contributed by atoms with Crippen molar-refractivity contribution in [3.63, 3.8) is 0 Å². The van der Waals surface area contributed by atoms with E-state index in [0.717, 1.165) is 30.2 Å². The normalized spacial score (nSPS) is 14.9. The van der Waals surface area contributed by atoms with Gasteiger partial charge in [0, 0.05) is 17.7 Å². The molecule has 4 nitrogen and oxygen atoms in total. The molecule has 19 heavy (non-hydrogen) atoms. The monoisotopic (exact) mass is 257 g/mol. The average molecular weight is 257 g/mol. The molecule has 98 valence electrons. The molecule has 0 spiro atoms. The maximum Gasteiger partial charge on any atom is 0.328 e. The molecule has 0 bridgehead atoms. The number of carboxylic acid groups (broad SMARTS) is 1. The van der Waals surface area contributed by atoms with Gasteiger partial charge in [0.1, 0.15) is 0 Å². The minimum atomic E-state index is -0.980. The number of rotatable bonds is 4. The van der Waals surface area contributed by atoms with Gasteiger partial charge in [0.25, 0.3) is 0 Å². The van der Waals surface area contributed by atoms with E-state index in [4.69, 9.17) is 5.11 Å². The highest BCUT2D eigenvalue weighted by Crippen LogP contribution is 2.20. The van der Waals surface area contributed by atoms with E-state index in [0.29, 0.717) is 0 Å². The Bertz CT molecular complexity index is 521. The van der Waals surface area contributed by atoms with E-state index >= 15 is 0 Å². The van der Waals surface area contributed by atoms with Crippen LogP contribution in [0.15, 0.2) is 42.5 Å². The van der Waals surface area contributed by atoms with E-state index in [-0.39, 0.29) is 11.8 Å². The van der Waals surface area contributed by atoms with Crippen LogP contribution >= 0.6 is 0 Å². The first-order chi connectivity index (χ1) is 9.15. The number of anilines is 1. The van der Waals surface area contributed by atoms with E-state index in [1.807, 2.05) is 12.2 Å². The third-order valence-corrected chi connectivity index (χ3v) is 2.98. The fourth-order valence-electron chi connectivity index (χ4n) is 1.92. The third-order valence-electron chi connectivity index (χ3n) is 2.98. The van der Waals surface area contributed by atoms with Crippen molar-refractivity contribution in [3.8, 4) is 0 Å². The van der Waals surface area contributed by atoms with Gasteiger partial charge in [-0.3, -0.25) is 4.79 Å². The standard InChI is InChI=1S/C15H15NO3/c17-14(18)10-7-11-5-8-13(9-6-11)16-15(19)12-3-1-2-4-12/h1-2,5-10,12H,3-4H2,(H,16,19)(H,17,18). The smallest absolute Gasteiger partial charge is 0.328 e. The molecule has 2 N–H and O–H groups in total. The van der Waals surface area contributed by atoms with Crippen LogP contribution in [-0.2, 0) is 9.59 Å². The maximum absolute atomic E-state index is 11.9. The number of nitrogens with one attached hydrogen (secondary N) is 1. The molecule has 4 heteroatoms. The van der Waals surface area contributed by atoms with Crippen molar-refractivity contribution in [1.29, 1.82) is 0 Å². The van der Waals surface area contributed by atoms with Crippen LogP contribution in [0.2, 0.25) is 0 Å². The third kappa shape index (κ3) is 3.81. The molecule has 0 unspecified atom stereocenters. The molecule has 1 aliphatic carbocycles. The molecule has 0 heterocycles. The van der Waals surface area contributed by atoms with Crippen molar-refractivity contribution in [2.24, 2.45) is 5.92 Å². The predicted molar refractivity (Wildman–Crippen MR) is 73.6 cm³/mol. The largest absolute Gasteiger partial charge is 0.478 e. The van der Waals surface area contributed by atoms with Gasteiger partial charge in [0.05, 0.1) is 0 Å². The summed E-state index contributed by atoms with van der Waals surface area (Å²) < 4.78 is 0. The van der Waals surface area contributed by atoms with Crippen LogP contribution in [0.1, 0.15) is 18.4 Å². The number of aliphatic carboxylic acids is 1. The predicted octanol–water partition coefficient (Wildman–Crippen LogP) is 2.69. The lowest BCUT2D eigenvalue weighted by Gasteiger charge is -2.10. The zero-order valence-corrected chi connectivity index (χ0v) is 10.4. The summed E-state index contributed by atoms with van der Waals surface area (Å²) in [7, 11) is 0. The average Bonchev–Trinajstić information content (AvgIpc) is 2.92. The van der Waals surface area contributed by atoms with Crippen molar-refractivity contribution in [1.82, 2.24) is 0 Å². The van der Waals surface area contributed by atoms with Gasteiger partial charge in [0.2, 0.25) is 5.91 Å². The van der Waals surface area contributed by atoms with Gasteiger partial charge in [-0.05, 0) is 36.6 Å². The summed E-state index contributed by atoms with van der Waals surface area (Å²) in [6.45, 7) is 0. The summed E-state index contributed by atoms with van der Waals surface area (Å²) in [4.78, 5) is 22.3. The summed E-state index contributed by atoms with van der Waals surface area (Å²) in [5.41, 5.74) is 1.51. The number of carboxylic acids is 1. The van der Waals surface area contributed by atoms with E-state index in [1.54, 1.807) is 24.3 Å². The van der Waals surface area contributed by atoms with Crippen LogP contribution < -0.4 is 5.32 Å². The highest BCUT2D eigenvalue weighted by atomic mass is 16.4. The highest BCUT2D eigenvalue weighted by Gasteiger charge is 2.18. The Labute approximate surface area is 111 Å². The number of carbonyl (C=O) groups excluding carboxylic acids is 1. The van der Waals surface area contributed by atoms with Crippen LogP contribution in [0.4, 0.5) is 5.69 Å². The second-order valence-electron chi connectivity index (χ2n) is 4.42. The summed E-state index contributed by atoms with van der Waals surface area (Å²) in [6, 6.07) is 7.06. The van der Waals surface area contributed by atoms with Crippen LogP contribution in [0.5, 0.6) is 0 Å². The molecule has 1 aromatic rings. The maximum atomic E-state index is 11.9. The van der Waals surface area contributed by atoms with Gasteiger partial charge < -0.3 is 10.4 Å². The number of hydrogen-bond acceptors (Lipinski definition) is 2. The second-order valence-corrected chi connectivity index (χ2v) is 4.42. The fourth-order valence-corrected chi connectivity index (χ4v) is 1.92. The van der Waals surface area contributed by atoms with Crippen LogP contribution in [0.3, 0.4) is 0 Å². The van der Waals surface area contributed by atoms with Crippen LogP contribution in [0, 0.1) is 5.92 Å². The van der Waals surface area contributed by atoms with Gasteiger partial charge in [-0.25, -0.2) is 4.79 Å². The van der Waals surface area contributed by atoms with E-state index in [2.05, 4.69) is 5.32 Å². The van der Waals surface area contributed by atoms with E-state index < -0.39 is 5.97 Å². The van der Waals surface area contributed by atoms with Crippen LogP contribution in [0.25, 0.3) is 6.08 Å². The Balaban J connectivity index is 1.94. The SMILES string of the molecule is O=C(O)C=Cc1ccc(NC(=O)C2CC=CC2)cc1. The lowest BCUT2D eigenvalue weighted by atomic mass is 10.1. The summed E-state index contributed by atoms with van der Waals surface area (Å²) in [6.07, 6.45) is 8.22. The lowest BCUT2D eigenvalue weighted by Crippen LogP contribution is -2.20.